The minimum absolute atomic E-state index is 0.0591. The Hall–Kier alpha value is -1.99. The van der Waals surface area contributed by atoms with Crippen molar-refractivity contribution < 1.29 is 0 Å². The Morgan fingerprint density at radius 3 is 2.37 bits per heavy atom. The number of hydrogen-bond acceptors (Lipinski definition) is 5. The normalized spacial score (nSPS) is 18.6. The molecule has 27 heavy (non-hydrogen) atoms. The smallest absolute Gasteiger partial charge is 0.267 e. The average Bonchev–Trinajstić information content (AvgIpc) is 3.11. The van der Waals surface area contributed by atoms with Crippen molar-refractivity contribution in [3.05, 3.63) is 45.6 Å². The van der Waals surface area contributed by atoms with Crippen molar-refractivity contribution in [3.63, 3.8) is 0 Å². The van der Waals surface area contributed by atoms with Gasteiger partial charge in [-0.2, -0.15) is 10.2 Å². The Balaban J connectivity index is 1.23. The number of hydrogen-bond donors (Lipinski definition) is 0. The van der Waals surface area contributed by atoms with Gasteiger partial charge in [-0.1, -0.05) is 0 Å². The summed E-state index contributed by atoms with van der Waals surface area (Å²) in [6.07, 6.45) is 8.41. The van der Waals surface area contributed by atoms with E-state index in [-0.39, 0.29) is 5.56 Å². The number of aromatic nitrogens is 4. The summed E-state index contributed by atoms with van der Waals surface area (Å²) < 4.78 is 3.70. The maximum absolute atomic E-state index is 12.3. The zero-order valence-electron chi connectivity index (χ0n) is 16.3. The SMILES string of the molecule is Cc1cnn(CCN2CCN(CCn3nc4c(cc3=O)CCCC4)CC2)c1. The van der Waals surface area contributed by atoms with Crippen LogP contribution in [0.4, 0.5) is 0 Å². The molecule has 2 aromatic heterocycles. The van der Waals surface area contributed by atoms with Gasteiger partial charge in [0.1, 0.15) is 0 Å². The topological polar surface area (TPSA) is 59.2 Å². The van der Waals surface area contributed by atoms with Crippen LogP contribution >= 0.6 is 0 Å². The van der Waals surface area contributed by atoms with Gasteiger partial charge >= 0.3 is 0 Å². The summed E-state index contributed by atoms with van der Waals surface area (Å²) in [6.45, 7) is 9.92. The van der Waals surface area contributed by atoms with E-state index in [2.05, 4.69) is 33.1 Å². The van der Waals surface area contributed by atoms with E-state index in [0.717, 1.165) is 64.3 Å². The van der Waals surface area contributed by atoms with Gasteiger partial charge in [-0.25, -0.2) is 4.68 Å². The van der Waals surface area contributed by atoms with Crippen LogP contribution < -0.4 is 5.56 Å². The molecule has 7 heteroatoms. The van der Waals surface area contributed by atoms with Crippen molar-refractivity contribution in [2.45, 2.75) is 45.7 Å². The molecule has 0 atom stereocenters. The fourth-order valence-electron chi connectivity index (χ4n) is 4.07. The summed E-state index contributed by atoms with van der Waals surface area (Å²) in [5.74, 6) is 0. The van der Waals surface area contributed by atoms with Crippen LogP contribution in [-0.4, -0.2) is 68.6 Å². The van der Waals surface area contributed by atoms with Crippen LogP contribution in [0.25, 0.3) is 0 Å². The van der Waals surface area contributed by atoms with Crippen molar-refractivity contribution in [3.8, 4) is 0 Å². The lowest BCUT2D eigenvalue weighted by Crippen LogP contribution is -2.48. The van der Waals surface area contributed by atoms with Crippen LogP contribution in [0.5, 0.6) is 0 Å². The highest BCUT2D eigenvalue weighted by atomic mass is 16.1. The van der Waals surface area contributed by atoms with Gasteiger partial charge in [-0.3, -0.25) is 19.3 Å². The summed E-state index contributed by atoms with van der Waals surface area (Å²) in [7, 11) is 0. The van der Waals surface area contributed by atoms with Crippen LogP contribution in [0.3, 0.4) is 0 Å². The molecule has 0 unspecified atom stereocenters. The van der Waals surface area contributed by atoms with E-state index in [4.69, 9.17) is 0 Å². The molecule has 4 rings (SSSR count). The van der Waals surface area contributed by atoms with Gasteiger partial charge < -0.3 is 0 Å². The number of rotatable bonds is 6. The molecule has 0 N–H and O–H groups in total. The maximum atomic E-state index is 12.3. The van der Waals surface area contributed by atoms with Crippen molar-refractivity contribution >= 4 is 0 Å². The maximum Gasteiger partial charge on any atom is 0.267 e. The molecule has 0 saturated carbocycles. The van der Waals surface area contributed by atoms with Gasteiger partial charge in [0, 0.05) is 51.5 Å². The molecular weight excluding hydrogens is 340 g/mol. The fourth-order valence-corrected chi connectivity index (χ4v) is 4.07. The van der Waals surface area contributed by atoms with Crippen molar-refractivity contribution in [1.82, 2.24) is 29.4 Å². The first-order valence-electron chi connectivity index (χ1n) is 10.2. The zero-order valence-corrected chi connectivity index (χ0v) is 16.3. The Bertz CT molecular complexity index is 818. The monoisotopic (exact) mass is 370 g/mol. The molecule has 1 aliphatic heterocycles. The van der Waals surface area contributed by atoms with Gasteiger partial charge in [0.2, 0.25) is 0 Å². The number of piperazine rings is 1. The predicted octanol–water partition coefficient (Wildman–Crippen LogP) is 0.945. The first kappa shape index (κ1) is 18.4. The Labute approximate surface area is 160 Å². The van der Waals surface area contributed by atoms with E-state index in [9.17, 15) is 4.79 Å². The second kappa shape index (κ2) is 8.35. The van der Waals surface area contributed by atoms with E-state index < -0.39 is 0 Å². The Morgan fingerprint density at radius 2 is 1.67 bits per heavy atom. The van der Waals surface area contributed by atoms with Gasteiger partial charge in [0.25, 0.3) is 5.56 Å². The molecule has 0 amide bonds. The highest BCUT2D eigenvalue weighted by Crippen LogP contribution is 2.16. The molecule has 0 aromatic carbocycles. The first-order chi connectivity index (χ1) is 13.2. The lowest BCUT2D eigenvalue weighted by Gasteiger charge is -2.34. The fraction of sp³-hybridized carbons (Fsp3) is 0.650. The zero-order chi connectivity index (χ0) is 18.6. The van der Waals surface area contributed by atoms with E-state index in [0.29, 0.717) is 6.54 Å². The van der Waals surface area contributed by atoms with Crippen LogP contribution in [-0.2, 0) is 25.9 Å². The molecule has 2 aliphatic rings. The molecule has 3 heterocycles. The van der Waals surface area contributed by atoms with E-state index >= 15 is 0 Å². The van der Waals surface area contributed by atoms with Crippen molar-refractivity contribution in [2.75, 3.05) is 39.3 Å². The summed E-state index contributed by atoms with van der Waals surface area (Å²) in [6, 6.07) is 1.82. The van der Waals surface area contributed by atoms with Crippen LogP contribution in [0.1, 0.15) is 29.7 Å². The minimum atomic E-state index is 0.0591. The molecule has 2 aromatic rings. The molecular formula is C20H30N6O. The standard InChI is InChI=1S/C20H30N6O/c1-17-15-21-25(16-17)12-10-23-6-8-24(9-7-23)11-13-26-20(27)14-18-4-2-3-5-19(18)22-26/h14-16H,2-13H2,1H3. The minimum Gasteiger partial charge on any atom is -0.299 e. The summed E-state index contributed by atoms with van der Waals surface area (Å²) >= 11 is 0. The largest absolute Gasteiger partial charge is 0.299 e. The van der Waals surface area contributed by atoms with E-state index in [1.165, 1.54) is 24.0 Å². The molecule has 1 fully saturated rings. The summed E-state index contributed by atoms with van der Waals surface area (Å²) in [4.78, 5) is 17.2. The van der Waals surface area contributed by atoms with Crippen molar-refractivity contribution in [1.29, 1.82) is 0 Å². The third-order valence-corrected chi connectivity index (χ3v) is 5.77. The third-order valence-electron chi connectivity index (χ3n) is 5.77. The summed E-state index contributed by atoms with van der Waals surface area (Å²) in [5, 5.41) is 8.99. The lowest BCUT2D eigenvalue weighted by molar-refractivity contribution is 0.123. The van der Waals surface area contributed by atoms with Crippen LogP contribution in [0, 0.1) is 6.92 Å². The van der Waals surface area contributed by atoms with Gasteiger partial charge in [0.05, 0.1) is 25.0 Å². The number of nitrogens with zero attached hydrogens (tertiary/aromatic N) is 6. The second-order valence-corrected chi connectivity index (χ2v) is 7.85. The highest BCUT2D eigenvalue weighted by Gasteiger charge is 2.18. The van der Waals surface area contributed by atoms with Gasteiger partial charge in [-0.15, -0.1) is 0 Å². The summed E-state index contributed by atoms with van der Waals surface area (Å²) in [5.41, 5.74) is 3.58. The Morgan fingerprint density at radius 1 is 0.963 bits per heavy atom. The molecule has 146 valence electrons. The average molecular weight is 371 g/mol. The highest BCUT2D eigenvalue weighted by molar-refractivity contribution is 5.20. The third kappa shape index (κ3) is 4.65. The molecule has 0 spiro atoms. The molecule has 1 saturated heterocycles. The van der Waals surface area contributed by atoms with E-state index in [1.54, 1.807) is 4.68 Å². The quantitative estimate of drug-likeness (QED) is 0.758. The molecule has 7 nitrogen and oxygen atoms in total. The molecule has 0 radical (unpaired) electrons. The van der Waals surface area contributed by atoms with Crippen molar-refractivity contribution in [2.24, 2.45) is 0 Å². The van der Waals surface area contributed by atoms with E-state index in [1.807, 2.05) is 16.9 Å². The second-order valence-electron chi connectivity index (χ2n) is 7.85. The van der Waals surface area contributed by atoms with Crippen LogP contribution in [0.15, 0.2) is 23.3 Å². The lowest BCUT2D eigenvalue weighted by atomic mass is 9.97. The van der Waals surface area contributed by atoms with Gasteiger partial charge in [-0.05, 0) is 43.7 Å². The van der Waals surface area contributed by atoms with Crippen LogP contribution in [0.2, 0.25) is 0 Å². The molecule has 0 bridgehead atoms. The molecule has 1 aliphatic carbocycles. The number of fused-ring (bicyclic) bond motifs is 1. The Kier molecular flexibility index (Phi) is 5.69. The number of aryl methyl sites for hydroxylation is 3. The van der Waals surface area contributed by atoms with Gasteiger partial charge in [0.15, 0.2) is 0 Å². The predicted molar refractivity (Wildman–Crippen MR) is 105 cm³/mol. The first-order valence-corrected chi connectivity index (χ1v) is 10.2.